The minimum atomic E-state index is -1.07. The summed E-state index contributed by atoms with van der Waals surface area (Å²) >= 11 is 6.29. The van der Waals surface area contributed by atoms with E-state index in [4.69, 9.17) is 11.6 Å². The van der Waals surface area contributed by atoms with Gasteiger partial charge >= 0.3 is 0 Å². The first-order valence-electron chi connectivity index (χ1n) is 9.35. The Balaban J connectivity index is 2.23. The van der Waals surface area contributed by atoms with E-state index in [1.54, 1.807) is 0 Å². The third-order valence-electron chi connectivity index (χ3n) is 5.58. The Morgan fingerprint density at radius 2 is 1.81 bits per heavy atom. The van der Waals surface area contributed by atoms with E-state index in [9.17, 15) is 5.11 Å². The highest BCUT2D eigenvalue weighted by Gasteiger charge is 2.46. The molecule has 0 amide bonds. The van der Waals surface area contributed by atoms with Gasteiger partial charge in [-0.15, -0.1) is 0 Å². The molecule has 0 spiro atoms. The second kappa shape index (κ2) is 7.96. The molecule has 2 nitrogen and oxygen atoms in total. The Morgan fingerprint density at radius 3 is 2.46 bits per heavy atom. The summed E-state index contributed by atoms with van der Waals surface area (Å²) in [6.45, 7) is 2.22. The van der Waals surface area contributed by atoms with E-state index in [-0.39, 0.29) is 6.04 Å². The third kappa shape index (κ3) is 3.73. The molecule has 0 aliphatic heterocycles. The standard InChI is InChI=1S/C23H28ClNO/c1-17-9-7-14-22(25(2)3)23(26,19-12-8-13-20(24)16-19)21(17)15-18-10-5-4-6-11-18/h4-6,8,10-13,15-17,22,26H,7,9,14H2,1-3H3. The van der Waals surface area contributed by atoms with Crippen LogP contribution in [0.15, 0.2) is 60.2 Å². The van der Waals surface area contributed by atoms with E-state index in [1.165, 1.54) is 0 Å². The van der Waals surface area contributed by atoms with Gasteiger partial charge < -0.3 is 10.0 Å². The first-order chi connectivity index (χ1) is 12.4. The lowest BCUT2D eigenvalue weighted by Gasteiger charge is -2.42. The molecule has 2 aromatic rings. The maximum atomic E-state index is 12.2. The zero-order valence-electron chi connectivity index (χ0n) is 15.8. The number of halogens is 1. The van der Waals surface area contributed by atoms with Gasteiger partial charge in [0.25, 0.3) is 0 Å². The molecule has 1 fully saturated rings. The highest BCUT2D eigenvalue weighted by atomic mass is 35.5. The van der Waals surface area contributed by atoms with Crippen molar-refractivity contribution in [2.75, 3.05) is 14.1 Å². The molecule has 3 heteroatoms. The van der Waals surface area contributed by atoms with Gasteiger partial charge in [0.2, 0.25) is 0 Å². The van der Waals surface area contributed by atoms with Crippen molar-refractivity contribution in [3.05, 3.63) is 76.3 Å². The maximum Gasteiger partial charge on any atom is 0.127 e. The van der Waals surface area contributed by atoms with Crippen molar-refractivity contribution in [2.24, 2.45) is 5.92 Å². The van der Waals surface area contributed by atoms with Crippen molar-refractivity contribution in [1.82, 2.24) is 4.90 Å². The van der Waals surface area contributed by atoms with Crippen LogP contribution in [0.25, 0.3) is 6.08 Å². The molecule has 26 heavy (non-hydrogen) atoms. The molecule has 3 atom stereocenters. The summed E-state index contributed by atoms with van der Waals surface area (Å²) in [5.74, 6) is 0.295. The zero-order chi connectivity index (χ0) is 18.7. The fourth-order valence-corrected chi connectivity index (χ4v) is 4.44. The molecule has 0 bridgehead atoms. The van der Waals surface area contributed by atoms with Crippen molar-refractivity contribution in [3.63, 3.8) is 0 Å². The van der Waals surface area contributed by atoms with Crippen molar-refractivity contribution in [2.45, 2.75) is 37.8 Å². The van der Waals surface area contributed by atoms with Gasteiger partial charge in [0.05, 0.1) is 0 Å². The van der Waals surface area contributed by atoms with Gasteiger partial charge in [-0.2, -0.15) is 0 Å². The Morgan fingerprint density at radius 1 is 1.08 bits per heavy atom. The smallest absolute Gasteiger partial charge is 0.127 e. The number of benzene rings is 2. The molecule has 1 saturated carbocycles. The lowest BCUT2D eigenvalue weighted by Crippen LogP contribution is -2.49. The highest BCUT2D eigenvalue weighted by Crippen LogP contribution is 2.45. The largest absolute Gasteiger partial charge is 0.379 e. The molecule has 0 heterocycles. The Hall–Kier alpha value is -1.61. The molecule has 3 unspecified atom stereocenters. The summed E-state index contributed by atoms with van der Waals surface area (Å²) in [6, 6.07) is 18.0. The lowest BCUT2D eigenvalue weighted by molar-refractivity contribution is -0.0104. The minimum absolute atomic E-state index is 0.000814. The maximum absolute atomic E-state index is 12.2. The molecule has 1 aliphatic carbocycles. The van der Waals surface area contributed by atoms with E-state index in [0.29, 0.717) is 10.9 Å². The van der Waals surface area contributed by atoms with Crippen LogP contribution >= 0.6 is 11.6 Å². The first-order valence-corrected chi connectivity index (χ1v) is 9.72. The second-order valence-electron chi connectivity index (χ2n) is 7.60. The number of aliphatic hydroxyl groups is 1. The first kappa shape index (κ1) is 19.2. The fraction of sp³-hybridized carbons (Fsp3) is 0.391. The Kier molecular flexibility index (Phi) is 5.86. The lowest BCUT2D eigenvalue weighted by atomic mass is 9.75. The molecule has 0 aromatic heterocycles. The van der Waals surface area contributed by atoms with Crippen LogP contribution in [0.3, 0.4) is 0 Å². The number of rotatable bonds is 3. The molecule has 1 N–H and O–H groups in total. The van der Waals surface area contributed by atoms with E-state index >= 15 is 0 Å². The van der Waals surface area contributed by atoms with Crippen LogP contribution < -0.4 is 0 Å². The molecule has 0 radical (unpaired) electrons. The van der Waals surface area contributed by atoms with Crippen LogP contribution in [-0.4, -0.2) is 30.1 Å². The second-order valence-corrected chi connectivity index (χ2v) is 8.03. The van der Waals surface area contributed by atoms with E-state index in [0.717, 1.165) is 36.0 Å². The third-order valence-corrected chi connectivity index (χ3v) is 5.81. The highest BCUT2D eigenvalue weighted by molar-refractivity contribution is 6.30. The van der Waals surface area contributed by atoms with Crippen LogP contribution in [0.4, 0.5) is 0 Å². The van der Waals surface area contributed by atoms with Crippen molar-refractivity contribution in [3.8, 4) is 0 Å². The van der Waals surface area contributed by atoms with Gasteiger partial charge in [-0.3, -0.25) is 0 Å². The zero-order valence-corrected chi connectivity index (χ0v) is 16.6. The molecular formula is C23H28ClNO. The predicted molar refractivity (Wildman–Crippen MR) is 110 cm³/mol. The fourth-order valence-electron chi connectivity index (χ4n) is 4.25. The van der Waals surface area contributed by atoms with E-state index < -0.39 is 5.60 Å². The van der Waals surface area contributed by atoms with Crippen LogP contribution in [-0.2, 0) is 5.60 Å². The van der Waals surface area contributed by atoms with Gasteiger partial charge in [-0.1, -0.05) is 73.5 Å². The van der Waals surface area contributed by atoms with Gasteiger partial charge in [-0.25, -0.2) is 0 Å². The number of nitrogens with zero attached hydrogens (tertiary/aromatic N) is 1. The summed E-state index contributed by atoms with van der Waals surface area (Å²) < 4.78 is 0. The van der Waals surface area contributed by atoms with Crippen LogP contribution in [0.5, 0.6) is 0 Å². The van der Waals surface area contributed by atoms with Crippen molar-refractivity contribution < 1.29 is 5.11 Å². The number of likely N-dealkylation sites (N-methyl/N-ethyl adjacent to an activating group) is 1. The number of hydrogen-bond acceptors (Lipinski definition) is 2. The topological polar surface area (TPSA) is 23.5 Å². The quantitative estimate of drug-likeness (QED) is 0.736. The van der Waals surface area contributed by atoms with Crippen LogP contribution in [0.2, 0.25) is 5.02 Å². The molecule has 3 rings (SSSR count). The molecule has 138 valence electrons. The summed E-state index contributed by atoms with van der Waals surface area (Å²) in [7, 11) is 4.10. The van der Waals surface area contributed by atoms with Crippen LogP contribution in [0, 0.1) is 5.92 Å². The van der Waals surface area contributed by atoms with Gasteiger partial charge in [0.15, 0.2) is 0 Å². The average molecular weight is 370 g/mol. The number of hydrogen-bond donors (Lipinski definition) is 1. The van der Waals surface area contributed by atoms with E-state index in [1.807, 2.05) is 42.5 Å². The van der Waals surface area contributed by atoms with Crippen molar-refractivity contribution >= 4 is 17.7 Å². The molecular weight excluding hydrogens is 342 g/mol. The van der Waals surface area contributed by atoms with E-state index in [2.05, 4.69) is 44.1 Å². The monoisotopic (exact) mass is 369 g/mol. The van der Waals surface area contributed by atoms with Gasteiger partial charge in [0.1, 0.15) is 5.60 Å². The average Bonchev–Trinajstić information content (AvgIpc) is 2.74. The predicted octanol–water partition coefficient (Wildman–Crippen LogP) is 5.36. The summed E-state index contributed by atoms with van der Waals surface area (Å²) in [6.07, 6.45) is 5.30. The summed E-state index contributed by atoms with van der Waals surface area (Å²) in [4.78, 5) is 2.15. The van der Waals surface area contributed by atoms with Crippen LogP contribution in [0.1, 0.15) is 37.3 Å². The SMILES string of the molecule is CC1CCCC(N(C)C)C(O)(c2cccc(Cl)c2)C1=Cc1ccccc1. The van der Waals surface area contributed by atoms with Crippen molar-refractivity contribution in [1.29, 1.82) is 0 Å². The molecule has 1 aliphatic rings. The normalized spacial score (nSPS) is 28.3. The Bertz CT molecular complexity index is 771. The Labute approximate surface area is 162 Å². The van der Waals surface area contributed by atoms with Gasteiger partial charge in [-0.05, 0) is 61.7 Å². The molecule has 2 aromatic carbocycles. The molecule has 0 saturated heterocycles. The van der Waals surface area contributed by atoms with Gasteiger partial charge in [0, 0.05) is 11.1 Å². The summed E-state index contributed by atoms with van der Waals surface area (Å²) in [5, 5.41) is 12.9. The minimum Gasteiger partial charge on any atom is -0.379 e. The summed E-state index contributed by atoms with van der Waals surface area (Å²) in [5.41, 5.74) is 2.00.